The first-order chi connectivity index (χ1) is 12.2. The second kappa shape index (κ2) is 7.47. The number of para-hydroxylation sites is 1. The first kappa shape index (κ1) is 16.5. The van der Waals surface area contributed by atoms with Crippen LogP contribution in [0.3, 0.4) is 0 Å². The number of benzene rings is 2. The zero-order valence-corrected chi connectivity index (χ0v) is 13.7. The molecular formula is C18H12N4O2S. The monoisotopic (exact) mass is 348 g/mol. The maximum Gasteiger partial charge on any atom is 0.314 e. The fourth-order valence-electron chi connectivity index (χ4n) is 2.23. The van der Waals surface area contributed by atoms with Gasteiger partial charge in [-0.25, -0.2) is 0 Å². The smallest absolute Gasteiger partial charge is 0.314 e. The summed E-state index contributed by atoms with van der Waals surface area (Å²) in [6, 6.07) is 15.7. The van der Waals surface area contributed by atoms with E-state index < -0.39 is 11.8 Å². The van der Waals surface area contributed by atoms with Crippen LogP contribution in [0.15, 0.2) is 65.7 Å². The minimum absolute atomic E-state index is 0.471. The van der Waals surface area contributed by atoms with Crippen molar-refractivity contribution >= 4 is 45.9 Å². The molecule has 0 radical (unpaired) electrons. The number of nitrogens with zero attached hydrogens (tertiary/aromatic N) is 2. The van der Waals surface area contributed by atoms with Crippen LogP contribution >= 0.6 is 11.8 Å². The molecule has 2 amide bonds. The zero-order valence-electron chi connectivity index (χ0n) is 12.9. The molecule has 2 aromatic carbocycles. The standard InChI is InChI=1S/C18H12N4O2S/c19-11-25-14-8-6-13(7-9-14)21-17(23)18(24)22-15-5-1-3-12-4-2-10-20-16(12)15/h1-10H,(H,21,23)(H,22,24). The molecule has 1 aromatic heterocycles. The highest BCUT2D eigenvalue weighted by Crippen LogP contribution is 2.21. The van der Waals surface area contributed by atoms with Crippen molar-refractivity contribution in [2.24, 2.45) is 0 Å². The van der Waals surface area contributed by atoms with Crippen molar-refractivity contribution in [2.75, 3.05) is 10.6 Å². The highest BCUT2D eigenvalue weighted by Gasteiger charge is 2.15. The van der Waals surface area contributed by atoms with Gasteiger partial charge in [-0.05, 0) is 48.2 Å². The van der Waals surface area contributed by atoms with Crippen LogP contribution in [-0.4, -0.2) is 16.8 Å². The number of carbonyl (C=O) groups is 2. The third kappa shape index (κ3) is 3.94. The molecule has 0 fully saturated rings. The molecule has 2 N–H and O–H groups in total. The fourth-order valence-corrected chi connectivity index (χ4v) is 2.61. The summed E-state index contributed by atoms with van der Waals surface area (Å²) in [5.41, 5.74) is 1.56. The largest absolute Gasteiger partial charge is 0.318 e. The third-order valence-electron chi connectivity index (χ3n) is 3.36. The number of nitriles is 1. The molecule has 3 aromatic rings. The number of thiocyanates is 1. The predicted octanol–water partition coefficient (Wildman–Crippen LogP) is 3.39. The number of pyridine rings is 1. The Hall–Kier alpha value is -3.37. The van der Waals surface area contributed by atoms with E-state index in [1.807, 2.05) is 17.5 Å². The Bertz CT molecular complexity index is 975. The van der Waals surface area contributed by atoms with E-state index in [2.05, 4.69) is 15.6 Å². The van der Waals surface area contributed by atoms with Crippen molar-refractivity contribution in [2.45, 2.75) is 4.90 Å². The number of anilines is 2. The van der Waals surface area contributed by atoms with Crippen LogP contribution in [0.25, 0.3) is 10.9 Å². The van der Waals surface area contributed by atoms with Gasteiger partial charge >= 0.3 is 11.8 Å². The number of carbonyl (C=O) groups excluding carboxylic acids is 2. The molecule has 6 nitrogen and oxygen atoms in total. The normalized spacial score (nSPS) is 10.0. The molecular weight excluding hydrogens is 336 g/mol. The van der Waals surface area contributed by atoms with Crippen molar-refractivity contribution in [3.63, 3.8) is 0 Å². The Morgan fingerprint density at radius 3 is 2.44 bits per heavy atom. The summed E-state index contributed by atoms with van der Waals surface area (Å²) >= 11 is 1.02. The maximum atomic E-state index is 12.1. The minimum atomic E-state index is -0.784. The number of hydrogen-bond acceptors (Lipinski definition) is 5. The summed E-state index contributed by atoms with van der Waals surface area (Å²) in [4.78, 5) is 29.2. The van der Waals surface area contributed by atoms with E-state index in [0.717, 1.165) is 22.0 Å². The van der Waals surface area contributed by atoms with Crippen LogP contribution in [0.5, 0.6) is 0 Å². The lowest BCUT2D eigenvalue weighted by atomic mass is 10.2. The summed E-state index contributed by atoms with van der Waals surface area (Å²) in [6.45, 7) is 0. The summed E-state index contributed by atoms with van der Waals surface area (Å²) in [7, 11) is 0. The lowest BCUT2D eigenvalue weighted by molar-refractivity contribution is -0.132. The summed E-state index contributed by atoms with van der Waals surface area (Å²) in [5.74, 6) is -1.57. The number of fused-ring (bicyclic) bond motifs is 1. The number of nitrogens with one attached hydrogen (secondary N) is 2. The molecule has 0 spiro atoms. The van der Waals surface area contributed by atoms with Gasteiger partial charge in [0.15, 0.2) is 0 Å². The molecule has 1 heterocycles. The van der Waals surface area contributed by atoms with Crippen molar-refractivity contribution in [1.82, 2.24) is 4.98 Å². The van der Waals surface area contributed by atoms with Crippen LogP contribution in [0.1, 0.15) is 0 Å². The van der Waals surface area contributed by atoms with Gasteiger partial charge in [0.25, 0.3) is 0 Å². The van der Waals surface area contributed by atoms with Crippen LogP contribution in [0.4, 0.5) is 11.4 Å². The van der Waals surface area contributed by atoms with Gasteiger partial charge in [0.05, 0.1) is 11.2 Å². The maximum absolute atomic E-state index is 12.1. The molecule has 0 aliphatic rings. The van der Waals surface area contributed by atoms with Crippen LogP contribution in [0, 0.1) is 10.7 Å². The lowest BCUT2D eigenvalue weighted by Crippen LogP contribution is -2.29. The van der Waals surface area contributed by atoms with E-state index in [-0.39, 0.29) is 0 Å². The van der Waals surface area contributed by atoms with E-state index in [1.54, 1.807) is 48.7 Å². The average Bonchev–Trinajstić information content (AvgIpc) is 2.64. The highest BCUT2D eigenvalue weighted by molar-refractivity contribution is 8.03. The van der Waals surface area contributed by atoms with Crippen molar-refractivity contribution in [3.8, 4) is 5.40 Å². The Balaban J connectivity index is 1.70. The molecule has 7 heteroatoms. The second-order valence-corrected chi connectivity index (χ2v) is 5.86. The van der Waals surface area contributed by atoms with E-state index in [0.29, 0.717) is 16.9 Å². The molecule has 0 saturated heterocycles. The van der Waals surface area contributed by atoms with E-state index >= 15 is 0 Å². The van der Waals surface area contributed by atoms with Crippen molar-refractivity contribution in [1.29, 1.82) is 5.26 Å². The minimum Gasteiger partial charge on any atom is -0.318 e. The van der Waals surface area contributed by atoms with E-state index in [4.69, 9.17) is 5.26 Å². The molecule has 0 aliphatic carbocycles. The molecule has 122 valence electrons. The Kier molecular flexibility index (Phi) is 4.92. The first-order valence-corrected chi connectivity index (χ1v) is 8.11. The summed E-state index contributed by atoms with van der Waals surface area (Å²) in [5, 5.41) is 16.5. The number of rotatable bonds is 3. The van der Waals surface area contributed by atoms with Gasteiger partial charge < -0.3 is 10.6 Å². The highest BCUT2D eigenvalue weighted by atomic mass is 32.2. The summed E-state index contributed by atoms with van der Waals surface area (Å²) in [6.07, 6.45) is 1.62. The molecule has 0 unspecified atom stereocenters. The van der Waals surface area contributed by atoms with Crippen molar-refractivity contribution < 1.29 is 9.59 Å². The van der Waals surface area contributed by atoms with E-state index in [1.165, 1.54) is 0 Å². The second-order valence-electron chi connectivity index (χ2n) is 5.01. The number of amides is 2. The third-order valence-corrected chi connectivity index (χ3v) is 3.96. The lowest BCUT2D eigenvalue weighted by Gasteiger charge is -2.08. The topological polar surface area (TPSA) is 94.9 Å². The van der Waals surface area contributed by atoms with Crippen LogP contribution in [0.2, 0.25) is 0 Å². The van der Waals surface area contributed by atoms with Gasteiger partial charge in [-0.1, -0.05) is 18.2 Å². The van der Waals surface area contributed by atoms with Crippen LogP contribution in [-0.2, 0) is 9.59 Å². The molecule has 0 atom stereocenters. The predicted molar refractivity (Wildman–Crippen MR) is 96.9 cm³/mol. The molecule has 0 bridgehead atoms. The van der Waals surface area contributed by atoms with Gasteiger partial charge in [0.1, 0.15) is 5.40 Å². The SMILES string of the molecule is N#CSc1ccc(NC(=O)C(=O)Nc2cccc3cccnc23)cc1. The van der Waals surface area contributed by atoms with Crippen LogP contribution < -0.4 is 10.6 Å². The van der Waals surface area contributed by atoms with Gasteiger partial charge in [0.2, 0.25) is 0 Å². The van der Waals surface area contributed by atoms with Gasteiger partial charge in [-0.2, -0.15) is 5.26 Å². The van der Waals surface area contributed by atoms with Crippen molar-refractivity contribution in [3.05, 3.63) is 60.8 Å². The van der Waals surface area contributed by atoms with Gasteiger partial charge in [-0.15, -0.1) is 0 Å². The molecule has 0 saturated carbocycles. The first-order valence-electron chi connectivity index (χ1n) is 7.29. The summed E-state index contributed by atoms with van der Waals surface area (Å²) < 4.78 is 0. The Morgan fingerprint density at radius 1 is 0.960 bits per heavy atom. The average molecular weight is 348 g/mol. The number of aromatic nitrogens is 1. The molecule has 3 rings (SSSR count). The Labute approximate surface area is 147 Å². The van der Waals surface area contributed by atoms with E-state index in [9.17, 15) is 9.59 Å². The number of thioether (sulfide) groups is 1. The zero-order chi connectivity index (χ0) is 17.6. The Morgan fingerprint density at radius 2 is 1.68 bits per heavy atom. The fraction of sp³-hybridized carbons (Fsp3) is 0. The molecule has 25 heavy (non-hydrogen) atoms. The quantitative estimate of drug-likeness (QED) is 0.430. The van der Waals surface area contributed by atoms with Gasteiger partial charge in [-0.3, -0.25) is 14.6 Å². The molecule has 0 aliphatic heterocycles. The number of hydrogen-bond donors (Lipinski definition) is 2. The van der Waals surface area contributed by atoms with Gasteiger partial charge in [0, 0.05) is 22.2 Å².